The number of halogens is 1. The van der Waals surface area contributed by atoms with Crippen LogP contribution in [0.25, 0.3) is 16.5 Å². The van der Waals surface area contributed by atoms with Gasteiger partial charge in [0.2, 0.25) is 0 Å². The standard InChI is InChI=1S/C16H18BClN2O3/c18-12-8-13-11(9-19-20(13)14-6-1-2-7-23-14)16(17(21)22)15(12)10-4-3-5-10/h4,8-9,14,21-22H,1-3,5-7H2. The van der Waals surface area contributed by atoms with Gasteiger partial charge in [-0.15, -0.1) is 0 Å². The summed E-state index contributed by atoms with van der Waals surface area (Å²) in [6, 6.07) is 1.86. The normalized spacial score (nSPS) is 21.2. The first-order valence-corrected chi connectivity index (χ1v) is 8.41. The fourth-order valence-corrected chi connectivity index (χ4v) is 3.76. The molecule has 0 spiro atoms. The minimum absolute atomic E-state index is 0.116. The van der Waals surface area contributed by atoms with Crippen molar-refractivity contribution in [2.75, 3.05) is 6.61 Å². The lowest BCUT2D eigenvalue weighted by Crippen LogP contribution is -2.34. The second-order valence-electron chi connectivity index (χ2n) is 6.13. The van der Waals surface area contributed by atoms with E-state index in [4.69, 9.17) is 16.3 Å². The van der Waals surface area contributed by atoms with Gasteiger partial charge in [-0.25, -0.2) is 4.68 Å². The lowest BCUT2D eigenvalue weighted by Gasteiger charge is -2.24. The zero-order chi connectivity index (χ0) is 16.0. The highest BCUT2D eigenvalue weighted by atomic mass is 35.5. The molecule has 1 atom stereocenters. The van der Waals surface area contributed by atoms with Crippen LogP contribution in [0.4, 0.5) is 0 Å². The Kier molecular flexibility index (Phi) is 3.93. The van der Waals surface area contributed by atoms with E-state index < -0.39 is 7.12 Å². The summed E-state index contributed by atoms with van der Waals surface area (Å²) in [5.74, 6) is 0. The molecular weight excluding hydrogens is 314 g/mol. The van der Waals surface area contributed by atoms with E-state index in [1.54, 1.807) is 6.20 Å². The molecule has 0 bridgehead atoms. The van der Waals surface area contributed by atoms with Crippen molar-refractivity contribution in [2.45, 2.75) is 38.3 Å². The van der Waals surface area contributed by atoms with Crippen molar-refractivity contribution in [3.8, 4) is 0 Å². The zero-order valence-corrected chi connectivity index (χ0v) is 13.5. The zero-order valence-electron chi connectivity index (χ0n) is 12.7. The Morgan fingerprint density at radius 2 is 2.17 bits per heavy atom. The van der Waals surface area contributed by atoms with Crippen molar-refractivity contribution in [1.29, 1.82) is 0 Å². The Bertz CT molecular complexity index is 781. The van der Waals surface area contributed by atoms with Gasteiger partial charge in [0.05, 0.1) is 11.7 Å². The van der Waals surface area contributed by atoms with Crippen LogP contribution in [0.15, 0.2) is 18.3 Å². The van der Waals surface area contributed by atoms with Crippen molar-refractivity contribution in [2.24, 2.45) is 0 Å². The van der Waals surface area contributed by atoms with E-state index in [2.05, 4.69) is 11.2 Å². The van der Waals surface area contributed by atoms with Gasteiger partial charge in [-0.05, 0) is 49.3 Å². The molecule has 1 aliphatic carbocycles. The van der Waals surface area contributed by atoms with Gasteiger partial charge in [0, 0.05) is 22.5 Å². The molecule has 1 unspecified atom stereocenters. The van der Waals surface area contributed by atoms with Crippen LogP contribution in [0.1, 0.15) is 43.9 Å². The van der Waals surface area contributed by atoms with Gasteiger partial charge < -0.3 is 14.8 Å². The van der Waals surface area contributed by atoms with Gasteiger partial charge in [0.15, 0.2) is 6.23 Å². The number of aromatic nitrogens is 2. The van der Waals surface area contributed by atoms with Crippen LogP contribution < -0.4 is 5.46 Å². The van der Waals surface area contributed by atoms with Gasteiger partial charge in [-0.3, -0.25) is 0 Å². The Hall–Kier alpha value is -1.34. The van der Waals surface area contributed by atoms with Gasteiger partial charge in [0.1, 0.15) is 0 Å². The average Bonchev–Trinajstić information content (AvgIpc) is 2.89. The maximum atomic E-state index is 9.92. The van der Waals surface area contributed by atoms with Gasteiger partial charge in [-0.1, -0.05) is 17.7 Å². The van der Waals surface area contributed by atoms with Crippen molar-refractivity contribution >= 4 is 40.7 Å². The Balaban J connectivity index is 1.91. The van der Waals surface area contributed by atoms with Crippen molar-refractivity contribution in [1.82, 2.24) is 9.78 Å². The monoisotopic (exact) mass is 332 g/mol. The lowest BCUT2D eigenvalue weighted by molar-refractivity contribution is -0.0366. The Morgan fingerprint density at radius 1 is 1.35 bits per heavy atom. The van der Waals surface area contributed by atoms with E-state index in [-0.39, 0.29) is 6.23 Å². The largest absolute Gasteiger partial charge is 0.489 e. The molecule has 1 saturated heterocycles. The highest BCUT2D eigenvalue weighted by Gasteiger charge is 2.28. The van der Waals surface area contributed by atoms with E-state index in [0.717, 1.165) is 60.8 Å². The number of allylic oxidation sites excluding steroid dienone is 2. The third-order valence-corrected chi connectivity index (χ3v) is 5.01. The summed E-state index contributed by atoms with van der Waals surface area (Å²) in [4.78, 5) is 0. The van der Waals surface area contributed by atoms with Crippen LogP contribution in [0.3, 0.4) is 0 Å². The third kappa shape index (κ3) is 2.50. The molecule has 0 saturated carbocycles. The molecule has 1 aromatic carbocycles. The first-order valence-electron chi connectivity index (χ1n) is 8.03. The Morgan fingerprint density at radius 3 is 2.78 bits per heavy atom. The number of rotatable bonds is 3. The molecule has 5 nitrogen and oxygen atoms in total. The maximum Gasteiger partial charge on any atom is 0.489 e. The molecule has 7 heteroatoms. The van der Waals surface area contributed by atoms with Crippen LogP contribution in [-0.2, 0) is 4.74 Å². The van der Waals surface area contributed by atoms with E-state index in [1.165, 1.54) is 0 Å². The second kappa shape index (κ2) is 5.94. The molecular formula is C16H18BClN2O3. The quantitative estimate of drug-likeness (QED) is 0.846. The summed E-state index contributed by atoms with van der Waals surface area (Å²) >= 11 is 6.48. The summed E-state index contributed by atoms with van der Waals surface area (Å²) in [6.45, 7) is 0.722. The van der Waals surface area contributed by atoms with Crippen molar-refractivity contribution in [3.05, 3.63) is 28.9 Å². The lowest BCUT2D eigenvalue weighted by atomic mass is 9.71. The van der Waals surface area contributed by atoms with Crippen molar-refractivity contribution in [3.63, 3.8) is 0 Å². The van der Waals surface area contributed by atoms with Gasteiger partial charge >= 0.3 is 7.12 Å². The highest BCUT2D eigenvalue weighted by molar-refractivity contribution is 6.64. The molecule has 2 N–H and O–H groups in total. The van der Waals surface area contributed by atoms with Crippen molar-refractivity contribution < 1.29 is 14.8 Å². The second-order valence-corrected chi connectivity index (χ2v) is 6.54. The van der Waals surface area contributed by atoms with Gasteiger partial charge in [-0.2, -0.15) is 5.10 Å². The SMILES string of the molecule is OB(O)c1c(C2=CCC2)c(Cl)cc2c1cnn2C1CCCCO1. The summed E-state index contributed by atoms with van der Waals surface area (Å²) in [7, 11) is -1.59. The van der Waals surface area contributed by atoms with Crippen LogP contribution in [0, 0.1) is 0 Å². The molecule has 2 heterocycles. The molecule has 1 aromatic heterocycles. The van der Waals surface area contributed by atoms with Crippen LogP contribution >= 0.6 is 11.6 Å². The predicted octanol–water partition coefficient (Wildman–Crippen LogP) is 2.25. The number of benzene rings is 1. The molecule has 2 aliphatic rings. The third-order valence-electron chi connectivity index (χ3n) is 4.71. The number of ether oxygens (including phenoxy) is 1. The van der Waals surface area contributed by atoms with Crippen LogP contribution in [-0.4, -0.2) is 33.6 Å². The van der Waals surface area contributed by atoms with Gasteiger partial charge in [0.25, 0.3) is 0 Å². The Labute approximate surface area is 139 Å². The number of fused-ring (bicyclic) bond motifs is 1. The summed E-state index contributed by atoms with van der Waals surface area (Å²) in [5, 5.41) is 25.5. The molecule has 4 rings (SSSR count). The number of nitrogens with zero attached hydrogens (tertiary/aromatic N) is 2. The van der Waals surface area contributed by atoms with E-state index in [1.807, 2.05) is 10.7 Å². The fraction of sp³-hybridized carbons (Fsp3) is 0.438. The summed E-state index contributed by atoms with van der Waals surface area (Å²) in [6.07, 6.45) is 8.61. The van der Waals surface area contributed by atoms with E-state index in [9.17, 15) is 10.0 Å². The minimum Gasteiger partial charge on any atom is -0.423 e. The predicted molar refractivity (Wildman–Crippen MR) is 90.6 cm³/mol. The fourth-order valence-electron chi connectivity index (χ4n) is 3.43. The highest BCUT2D eigenvalue weighted by Crippen LogP contribution is 2.36. The molecule has 2 aromatic rings. The molecule has 120 valence electrons. The molecule has 1 aliphatic heterocycles. The minimum atomic E-state index is -1.59. The number of hydrogen-bond acceptors (Lipinski definition) is 4. The van der Waals surface area contributed by atoms with Crippen LogP contribution in [0.2, 0.25) is 5.02 Å². The number of hydrogen-bond donors (Lipinski definition) is 2. The first kappa shape index (κ1) is 15.2. The average molecular weight is 333 g/mol. The van der Waals surface area contributed by atoms with E-state index in [0.29, 0.717) is 10.5 Å². The molecule has 0 radical (unpaired) electrons. The smallest absolute Gasteiger partial charge is 0.423 e. The topological polar surface area (TPSA) is 67.5 Å². The first-order chi connectivity index (χ1) is 11.2. The molecule has 23 heavy (non-hydrogen) atoms. The summed E-state index contributed by atoms with van der Waals surface area (Å²) < 4.78 is 7.61. The summed E-state index contributed by atoms with van der Waals surface area (Å²) in [5.41, 5.74) is 3.04. The maximum absolute atomic E-state index is 9.92. The molecule has 0 amide bonds. The van der Waals surface area contributed by atoms with E-state index >= 15 is 0 Å². The van der Waals surface area contributed by atoms with Crippen LogP contribution in [0.5, 0.6) is 0 Å². The molecule has 1 fully saturated rings.